The molecule has 0 aromatic heterocycles. The molecule has 0 amide bonds. The molecule has 96 valence electrons. The number of para-hydroxylation sites is 1. The van der Waals surface area contributed by atoms with Crippen LogP contribution >= 0.6 is 0 Å². The quantitative estimate of drug-likeness (QED) is 0.911. The van der Waals surface area contributed by atoms with Crippen LogP contribution in [-0.2, 0) is 16.4 Å². The maximum atomic E-state index is 12.0. The molecule has 0 aliphatic carbocycles. The molecular formula is C10H12F3NO2S. The van der Waals surface area contributed by atoms with Crippen LogP contribution in [0.3, 0.4) is 0 Å². The Balaban J connectivity index is 2.91. The fourth-order valence-corrected chi connectivity index (χ4v) is 2.38. The summed E-state index contributed by atoms with van der Waals surface area (Å²) in [7, 11) is -4.40. The van der Waals surface area contributed by atoms with Gasteiger partial charge in [-0.3, -0.25) is 4.72 Å². The summed E-state index contributed by atoms with van der Waals surface area (Å²) in [6.07, 6.45) is -4.21. The summed E-state index contributed by atoms with van der Waals surface area (Å²) in [5, 5.41) is 0. The molecule has 1 aromatic rings. The summed E-state index contributed by atoms with van der Waals surface area (Å²) < 4.78 is 60.5. The van der Waals surface area contributed by atoms with E-state index in [1.54, 1.807) is 25.1 Å². The van der Waals surface area contributed by atoms with Crippen LogP contribution in [0.5, 0.6) is 0 Å². The predicted octanol–water partition coefficient (Wildman–Crippen LogP) is 2.55. The Hall–Kier alpha value is -1.24. The molecule has 1 rings (SSSR count). The van der Waals surface area contributed by atoms with Gasteiger partial charge in [-0.2, -0.15) is 13.2 Å². The number of hydrogen-bond donors (Lipinski definition) is 1. The van der Waals surface area contributed by atoms with Gasteiger partial charge in [-0.05, 0) is 18.1 Å². The van der Waals surface area contributed by atoms with E-state index in [4.69, 9.17) is 0 Å². The van der Waals surface area contributed by atoms with E-state index in [1.165, 1.54) is 6.07 Å². The van der Waals surface area contributed by atoms with Gasteiger partial charge in [-0.25, -0.2) is 8.42 Å². The van der Waals surface area contributed by atoms with E-state index in [2.05, 4.69) is 0 Å². The molecule has 0 bridgehead atoms. The van der Waals surface area contributed by atoms with Gasteiger partial charge in [-0.1, -0.05) is 25.1 Å². The zero-order chi connectivity index (χ0) is 13.1. The Labute approximate surface area is 97.7 Å². The first-order valence-corrected chi connectivity index (χ1v) is 6.54. The first kappa shape index (κ1) is 13.8. The molecule has 0 unspecified atom stereocenters. The summed E-state index contributed by atoms with van der Waals surface area (Å²) in [6, 6.07) is 6.35. The summed E-state index contributed by atoms with van der Waals surface area (Å²) in [6.45, 7) is 1.79. The van der Waals surface area contributed by atoms with Gasteiger partial charge >= 0.3 is 6.18 Å². The van der Waals surface area contributed by atoms with Gasteiger partial charge in [0, 0.05) is 0 Å². The Bertz CT molecular complexity index is 483. The van der Waals surface area contributed by atoms with Gasteiger partial charge in [0.2, 0.25) is 10.0 Å². The van der Waals surface area contributed by atoms with Gasteiger partial charge < -0.3 is 0 Å². The van der Waals surface area contributed by atoms with Gasteiger partial charge in [0.15, 0.2) is 5.75 Å². The highest BCUT2D eigenvalue weighted by atomic mass is 32.2. The maximum Gasteiger partial charge on any atom is 0.404 e. The SMILES string of the molecule is CCc1ccccc1NS(=O)(=O)CC(F)(F)F. The summed E-state index contributed by atoms with van der Waals surface area (Å²) in [5.74, 6) is -1.88. The van der Waals surface area contributed by atoms with Crippen LogP contribution < -0.4 is 4.72 Å². The number of sulfonamides is 1. The highest BCUT2D eigenvalue weighted by Crippen LogP contribution is 2.21. The normalized spacial score (nSPS) is 12.5. The number of aryl methyl sites for hydroxylation is 1. The van der Waals surface area contributed by atoms with Crippen LogP contribution in [-0.4, -0.2) is 20.3 Å². The van der Waals surface area contributed by atoms with Crippen LogP contribution in [0.1, 0.15) is 12.5 Å². The molecule has 0 atom stereocenters. The number of alkyl halides is 3. The van der Waals surface area contributed by atoms with Crippen LogP contribution in [0.2, 0.25) is 0 Å². The van der Waals surface area contributed by atoms with Crippen molar-refractivity contribution in [2.45, 2.75) is 19.5 Å². The van der Waals surface area contributed by atoms with E-state index in [0.717, 1.165) is 0 Å². The molecule has 17 heavy (non-hydrogen) atoms. The van der Waals surface area contributed by atoms with Crippen LogP contribution in [0, 0.1) is 0 Å². The van der Waals surface area contributed by atoms with E-state index in [9.17, 15) is 21.6 Å². The van der Waals surface area contributed by atoms with Crippen molar-refractivity contribution in [3.05, 3.63) is 29.8 Å². The first-order valence-electron chi connectivity index (χ1n) is 4.88. The molecule has 0 aliphatic heterocycles. The third kappa shape index (κ3) is 4.64. The minimum atomic E-state index is -4.74. The summed E-state index contributed by atoms with van der Waals surface area (Å²) in [4.78, 5) is 0. The topological polar surface area (TPSA) is 46.2 Å². The highest BCUT2D eigenvalue weighted by molar-refractivity contribution is 7.92. The van der Waals surface area contributed by atoms with Crippen molar-refractivity contribution in [1.29, 1.82) is 0 Å². The Morgan fingerprint density at radius 2 is 1.82 bits per heavy atom. The van der Waals surface area contributed by atoms with Crippen molar-refractivity contribution in [2.24, 2.45) is 0 Å². The van der Waals surface area contributed by atoms with Gasteiger partial charge in [-0.15, -0.1) is 0 Å². The van der Waals surface area contributed by atoms with Crippen LogP contribution in [0.4, 0.5) is 18.9 Å². The molecule has 0 heterocycles. The van der Waals surface area contributed by atoms with Gasteiger partial charge in [0.1, 0.15) is 0 Å². The van der Waals surface area contributed by atoms with E-state index in [1.807, 2.05) is 4.72 Å². The van der Waals surface area contributed by atoms with Crippen molar-refractivity contribution < 1.29 is 21.6 Å². The van der Waals surface area contributed by atoms with E-state index < -0.39 is 22.0 Å². The molecule has 0 saturated carbocycles. The lowest BCUT2D eigenvalue weighted by molar-refractivity contribution is -0.106. The molecule has 0 aliphatic rings. The zero-order valence-corrected chi connectivity index (χ0v) is 9.90. The van der Waals surface area contributed by atoms with Gasteiger partial charge in [0.05, 0.1) is 5.69 Å². The number of nitrogens with one attached hydrogen (secondary N) is 1. The number of benzene rings is 1. The highest BCUT2D eigenvalue weighted by Gasteiger charge is 2.35. The van der Waals surface area contributed by atoms with Crippen molar-refractivity contribution in [3.63, 3.8) is 0 Å². The zero-order valence-electron chi connectivity index (χ0n) is 9.08. The van der Waals surface area contributed by atoms with E-state index in [0.29, 0.717) is 12.0 Å². The van der Waals surface area contributed by atoms with Crippen molar-refractivity contribution in [1.82, 2.24) is 0 Å². The van der Waals surface area contributed by atoms with E-state index in [-0.39, 0.29) is 5.69 Å². The number of hydrogen-bond acceptors (Lipinski definition) is 2. The average molecular weight is 267 g/mol. The molecule has 0 radical (unpaired) electrons. The fourth-order valence-electron chi connectivity index (χ4n) is 1.35. The van der Waals surface area contributed by atoms with Crippen molar-refractivity contribution in [3.8, 4) is 0 Å². The molecular weight excluding hydrogens is 255 g/mol. The largest absolute Gasteiger partial charge is 0.404 e. The molecule has 3 nitrogen and oxygen atoms in total. The fraction of sp³-hybridized carbons (Fsp3) is 0.400. The van der Waals surface area contributed by atoms with Gasteiger partial charge in [0.25, 0.3) is 0 Å². The molecule has 0 spiro atoms. The first-order chi connectivity index (χ1) is 7.73. The van der Waals surface area contributed by atoms with Crippen LogP contribution in [0.25, 0.3) is 0 Å². The minimum Gasteiger partial charge on any atom is -0.283 e. The van der Waals surface area contributed by atoms with Crippen molar-refractivity contribution in [2.75, 3.05) is 10.5 Å². The Kier molecular flexibility index (Phi) is 4.03. The molecule has 1 N–H and O–H groups in total. The molecule has 7 heteroatoms. The maximum absolute atomic E-state index is 12.0. The molecule has 0 saturated heterocycles. The number of halogens is 3. The number of rotatable bonds is 4. The lowest BCUT2D eigenvalue weighted by atomic mass is 10.1. The van der Waals surface area contributed by atoms with E-state index >= 15 is 0 Å². The minimum absolute atomic E-state index is 0.194. The third-order valence-electron chi connectivity index (χ3n) is 2.02. The average Bonchev–Trinajstić information content (AvgIpc) is 2.14. The second kappa shape index (κ2) is 4.95. The lowest BCUT2D eigenvalue weighted by Crippen LogP contribution is -2.28. The monoisotopic (exact) mass is 267 g/mol. The number of anilines is 1. The lowest BCUT2D eigenvalue weighted by Gasteiger charge is -2.12. The smallest absolute Gasteiger partial charge is 0.283 e. The van der Waals surface area contributed by atoms with Crippen LogP contribution in [0.15, 0.2) is 24.3 Å². The predicted molar refractivity (Wildman–Crippen MR) is 59.3 cm³/mol. The van der Waals surface area contributed by atoms with Crippen molar-refractivity contribution >= 4 is 15.7 Å². The summed E-state index contributed by atoms with van der Waals surface area (Å²) >= 11 is 0. The second-order valence-electron chi connectivity index (χ2n) is 3.49. The second-order valence-corrected chi connectivity index (χ2v) is 5.21. The Morgan fingerprint density at radius 1 is 1.24 bits per heavy atom. The molecule has 0 fully saturated rings. The summed E-state index contributed by atoms with van der Waals surface area (Å²) in [5.41, 5.74) is 0.845. The Morgan fingerprint density at radius 3 is 2.35 bits per heavy atom. The third-order valence-corrected chi connectivity index (χ3v) is 3.26. The molecule has 1 aromatic carbocycles. The standard InChI is InChI=1S/C10H12F3NO2S/c1-2-8-5-3-4-6-9(8)14-17(15,16)7-10(11,12)13/h3-6,14H,2,7H2,1H3.